The first-order chi connectivity index (χ1) is 15.2. The summed E-state index contributed by atoms with van der Waals surface area (Å²) in [6.07, 6.45) is 3.62. The zero-order chi connectivity index (χ0) is 21.6. The second-order valence-corrected chi connectivity index (χ2v) is 7.40. The minimum absolute atomic E-state index is 0.166. The van der Waals surface area contributed by atoms with Crippen molar-refractivity contribution in [1.82, 2.24) is 9.99 Å². The molecule has 0 aliphatic rings. The van der Waals surface area contributed by atoms with Gasteiger partial charge in [-0.15, -0.1) is 6.58 Å². The Labute approximate surface area is 182 Å². The molecular weight excluding hydrogens is 382 g/mol. The molecule has 0 unspecified atom stereocenters. The van der Waals surface area contributed by atoms with E-state index in [2.05, 4.69) is 40.7 Å². The second-order valence-electron chi connectivity index (χ2n) is 7.40. The van der Waals surface area contributed by atoms with Crippen molar-refractivity contribution in [2.45, 2.75) is 19.4 Å². The maximum atomic E-state index is 13.1. The molecule has 0 atom stereocenters. The molecule has 4 nitrogen and oxygen atoms in total. The highest BCUT2D eigenvalue weighted by Crippen LogP contribution is 2.26. The molecule has 0 saturated heterocycles. The number of rotatable bonds is 7. The molecule has 0 radical (unpaired) electrons. The molecular formula is C27H25N3O. The third-order valence-corrected chi connectivity index (χ3v) is 5.49. The molecule has 154 valence electrons. The van der Waals surface area contributed by atoms with Crippen molar-refractivity contribution in [2.75, 3.05) is 0 Å². The Morgan fingerprint density at radius 3 is 2.16 bits per heavy atom. The molecule has 31 heavy (non-hydrogen) atoms. The molecule has 0 aliphatic carbocycles. The number of carbonyl (C=O) groups is 1. The molecule has 0 aliphatic heterocycles. The monoisotopic (exact) mass is 407 g/mol. The van der Waals surface area contributed by atoms with Crippen LogP contribution in [-0.4, -0.2) is 16.7 Å². The molecule has 1 amide bonds. The average molecular weight is 408 g/mol. The maximum Gasteiger partial charge on any atom is 0.252 e. The van der Waals surface area contributed by atoms with Crippen LogP contribution in [-0.2, 0) is 11.3 Å². The molecule has 3 aromatic carbocycles. The molecule has 4 heteroatoms. The van der Waals surface area contributed by atoms with Gasteiger partial charge < -0.3 is 4.57 Å². The van der Waals surface area contributed by atoms with Crippen molar-refractivity contribution in [2.24, 2.45) is 5.10 Å². The summed E-state index contributed by atoms with van der Waals surface area (Å²) in [4.78, 5) is 13.1. The molecule has 1 N–H and O–H groups in total. The largest absolute Gasteiger partial charge is 0.340 e. The number of amides is 1. The van der Waals surface area contributed by atoms with E-state index in [1.807, 2.05) is 78.9 Å². The number of hydrazone groups is 1. The van der Waals surface area contributed by atoms with Crippen molar-refractivity contribution in [1.29, 1.82) is 0 Å². The van der Waals surface area contributed by atoms with Gasteiger partial charge in [-0.3, -0.25) is 4.79 Å². The number of nitrogens with one attached hydrogen (secondary N) is 1. The van der Waals surface area contributed by atoms with Crippen LogP contribution in [0.15, 0.2) is 103 Å². The summed E-state index contributed by atoms with van der Waals surface area (Å²) < 4.78 is 2.20. The van der Waals surface area contributed by atoms with Gasteiger partial charge in [-0.1, -0.05) is 84.9 Å². The molecule has 4 aromatic rings. The Morgan fingerprint density at radius 1 is 0.968 bits per heavy atom. The lowest BCUT2D eigenvalue weighted by molar-refractivity contribution is -0.121. The van der Waals surface area contributed by atoms with E-state index in [0.29, 0.717) is 0 Å². The van der Waals surface area contributed by atoms with Crippen LogP contribution in [0.1, 0.15) is 28.3 Å². The van der Waals surface area contributed by atoms with Gasteiger partial charge in [-0.2, -0.15) is 5.10 Å². The first-order valence-electron chi connectivity index (χ1n) is 10.3. The number of fused-ring (bicyclic) bond motifs is 1. The smallest absolute Gasteiger partial charge is 0.252 e. The van der Waals surface area contributed by atoms with Crippen molar-refractivity contribution in [3.63, 3.8) is 0 Å². The van der Waals surface area contributed by atoms with E-state index >= 15 is 0 Å². The van der Waals surface area contributed by atoms with Crippen LogP contribution in [0.3, 0.4) is 0 Å². The zero-order valence-corrected chi connectivity index (χ0v) is 17.5. The molecule has 0 fully saturated rings. The fourth-order valence-electron chi connectivity index (χ4n) is 4.00. The molecule has 4 rings (SSSR count). The lowest BCUT2D eigenvalue weighted by atomic mass is 9.91. The molecule has 1 heterocycles. The molecule has 0 spiro atoms. The van der Waals surface area contributed by atoms with Crippen molar-refractivity contribution < 1.29 is 4.79 Å². The Morgan fingerprint density at radius 2 is 1.55 bits per heavy atom. The fraction of sp³-hybridized carbons (Fsp3) is 0.111. The normalized spacial score (nSPS) is 11.3. The minimum atomic E-state index is -0.428. The summed E-state index contributed by atoms with van der Waals surface area (Å²) in [5, 5.41) is 5.43. The van der Waals surface area contributed by atoms with Gasteiger partial charge in [0.15, 0.2) is 0 Å². The number of benzene rings is 3. The highest BCUT2D eigenvalue weighted by atomic mass is 16.2. The Kier molecular flexibility index (Phi) is 6.08. The third-order valence-electron chi connectivity index (χ3n) is 5.49. The van der Waals surface area contributed by atoms with Gasteiger partial charge in [0.1, 0.15) is 0 Å². The summed E-state index contributed by atoms with van der Waals surface area (Å²) in [6.45, 7) is 6.64. The van der Waals surface area contributed by atoms with Crippen LogP contribution in [0.25, 0.3) is 10.9 Å². The van der Waals surface area contributed by atoms with E-state index in [9.17, 15) is 4.79 Å². The Hall–Kier alpha value is -3.92. The number of nitrogens with zero attached hydrogens (tertiary/aromatic N) is 2. The maximum absolute atomic E-state index is 13.1. The predicted molar refractivity (Wildman–Crippen MR) is 127 cm³/mol. The first kappa shape index (κ1) is 20.4. The van der Waals surface area contributed by atoms with Crippen LogP contribution in [0.5, 0.6) is 0 Å². The molecule has 1 aromatic heterocycles. The standard InChI is InChI=1S/C27H25N3O/c1-3-18-30-20(2)24(23-16-10-11-17-25(23)30)19-28-29-27(31)26(21-12-6-4-7-13-21)22-14-8-5-9-15-22/h3-17,19,26H,1,18H2,2H3,(H,29,31)/b28-19-. The Balaban J connectivity index is 1.63. The van der Waals surface area contributed by atoms with Gasteiger partial charge in [-0.05, 0) is 24.1 Å². The van der Waals surface area contributed by atoms with Crippen LogP contribution in [0.4, 0.5) is 0 Å². The number of aromatic nitrogens is 1. The van der Waals surface area contributed by atoms with E-state index in [0.717, 1.165) is 39.8 Å². The first-order valence-corrected chi connectivity index (χ1v) is 10.3. The predicted octanol–water partition coefficient (Wildman–Crippen LogP) is 5.42. The lowest BCUT2D eigenvalue weighted by Gasteiger charge is -2.16. The van der Waals surface area contributed by atoms with Crippen LogP contribution < -0.4 is 5.43 Å². The van der Waals surface area contributed by atoms with Crippen LogP contribution >= 0.6 is 0 Å². The highest BCUT2D eigenvalue weighted by molar-refractivity contribution is 6.01. The zero-order valence-electron chi connectivity index (χ0n) is 17.5. The summed E-state index contributed by atoms with van der Waals surface area (Å²) in [5.41, 5.74) is 7.83. The van der Waals surface area contributed by atoms with Crippen molar-refractivity contribution >= 4 is 23.0 Å². The van der Waals surface area contributed by atoms with Gasteiger partial charge in [0.25, 0.3) is 5.91 Å². The van der Waals surface area contributed by atoms with Crippen molar-refractivity contribution in [3.8, 4) is 0 Å². The number of allylic oxidation sites excluding steroid dienone is 1. The summed E-state index contributed by atoms with van der Waals surface area (Å²) >= 11 is 0. The summed E-state index contributed by atoms with van der Waals surface area (Å²) in [7, 11) is 0. The highest BCUT2D eigenvalue weighted by Gasteiger charge is 2.22. The van der Waals surface area contributed by atoms with Gasteiger partial charge >= 0.3 is 0 Å². The summed E-state index contributed by atoms with van der Waals surface area (Å²) in [5.74, 6) is -0.594. The number of hydrogen-bond acceptors (Lipinski definition) is 2. The van der Waals surface area contributed by atoms with E-state index in [1.165, 1.54) is 0 Å². The van der Waals surface area contributed by atoms with Gasteiger partial charge in [0.2, 0.25) is 0 Å². The minimum Gasteiger partial charge on any atom is -0.340 e. The van der Waals surface area contributed by atoms with E-state index in [4.69, 9.17) is 0 Å². The topological polar surface area (TPSA) is 46.4 Å². The number of hydrogen-bond donors (Lipinski definition) is 1. The number of para-hydroxylation sites is 1. The third kappa shape index (κ3) is 4.19. The summed E-state index contributed by atoms with van der Waals surface area (Å²) in [6, 6.07) is 27.7. The Bertz CT molecular complexity index is 1180. The lowest BCUT2D eigenvalue weighted by Crippen LogP contribution is -2.26. The fourth-order valence-corrected chi connectivity index (χ4v) is 4.00. The van der Waals surface area contributed by atoms with Crippen molar-refractivity contribution in [3.05, 3.63) is 120 Å². The molecule has 0 saturated carbocycles. The van der Waals surface area contributed by atoms with E-state index in [-0.39, 0.29) is 5.91 Å². The average Bonchev–Trinajstić information content (AvgIpc) is 3.07. The van der Waals surface area contributed by atoms with Gasteiger partial charge in [-0.25, -0.2) is 5.43 Å². The van der Waals surface area contributed by atoms with Gasteiger partial charge in [0.05, 0.1) is 12.1 Å². The van der Waals surface area contributed by atoms with Gasteiger partial charge in [0, 0.05) is 28.7 Å². The van der Waals surface area contributed by atoms with E-state index in [1.54, 1.807) is 6.21 Å². The second kappa shape index (κ2) is 9.26. The number of carbonyl (C=O) groups excluding carboxylic acids is 1. The van der Waals surface area contributed by atoms with Crippen LogP contribution in [0.2, 0.25) is 0 Å². The molecule has 0 bridgehead atoms. The quantitative estimate of drug-likeness (QED) is 0.248. The van der Waals surface area contributed by atoms with E-state index < -0.39 is 5.92 Å². The SMILES string of the molecule is C=CCn1c(C)c(/C=N\NC(=O)C(c2ccccc2)c2ccccc2)c2ccccc21. The van der Waals surface area contributed by atoms with Crippen LogP contribution in [0, 0.1) is 6.92 Å².